The summed E-state index contributed by atoms with van der Waals surface area (Å²) in [6.07, 6.45) is 1.00. The lowest BCUT2D eigenvalue weighted by Crippen LogP contribution is -2.31. The smallest absolute Gasteiger partial charge is 0.154 e. The zero-order valence-electron chi connectivity index (χ0n) is 16.5. The molecule has 1 aliphatic rings. The summed E-state index contributed by atoms with van der Waals surface area (Å²) in [5.41, 5.74) is 6.06. The highest BCUT2D eigenvalue weighted by Crippen LogP contribution is 2.39. The first kappa shape index (κ1) is 19.8. The molecule has 0 N–H and O–H groups in total. The summed E-state index contributed by atoms with van der Waals surface area (Å²) >= 11 is 7.41. The van der Waals surface area contributed by atoms with Gasteiger partial charge in [-0.05, 0) is 80.1 Å². The van der Waals surface area contributed by atoms with Crippen LogP contribution in [-0.4, -0.2) is 16.1 Å². The fourth-order valence-corrected chi connectivity index (χ4v) is 5.19. The van der Waals surface area contributed by atoms with E-state index in [9.17, 15) is 4.39 Å². The predicted molar refractivity (Wildman–Crippen MR) is 127 cm³/mol. The lowest BCUT2D eigenvalue weighted by Gasteiger charge is -2.30. The van der Waals surface area contributed by atoms with E-state index in [-0.39, 0.29) is 5.82 Å². The van der Waals surface area contributed by atoms with Crippen molar-refractivity contribution in [3.8, 4) is 0 Å². The summed E-state index contributed by atoms with van der Waals surface area (Å²) in [5.74, 6) is 0.761. The van der Waals surface area contributed by atoms with Crippen LogP contribution in [0, 0.1) is 12.7 Å². The van der Waals surface area contributed by atoms with Crippen LogP contribution in [-0.2, 0) is 19.5 Å². The van der Waals surface area contributed by atoms with E-state index in [1.165, 1.54) is 23.3 Å². The second-order valence-corrected chi connectivity index (χ2v) is 9.32. The van der Waals surface area contributed by atoms with E-state index < -0.39 is 0 Å². The largest absolute Gasteiger partial charge is 0.350 e. The minimum atomic E-state index is -0.215. The van der Waals surface area contributed by atoms with Crippen LogP contribution in [0.1, 0.15) is 22.4 Å². The van der Waals surface area contributed by atoms with Gasteiger partial charge in [-0.15, -0.1) is 0 Å². The molecule has 30 heavy (non-hydrogen) atoms. The normalized spacial score (nSPS) is 13.7. The van der Waals surface area contributed by atoms with Crippen LogP contribution in [0.15, 0.2) is 63.7 Å². The summed E-state index contributed by atoms with van der Waals surface area (Å²) < 4.78 is 17.6. The van der Waals surface area contributed by atoms with Crippen molar-refractivity contribution in [2.45, 2.75) is 26.4 Å². The van der Waals surface area contributed by atoms with Crippen molar-refractivity contribution in [2.24, 2.45) is 0 Å². The van der Waals surface area contributed by atoms with E-state index in [1.807, 2.05) is 12.1 Å². The Morgan fingerprint density at radius 1 is 1.03 bits per heavy atom. The first-order chi connectivity index (χ1) is 14.5. The second kappa shape index (κ2) is 7.82. The monoisotopic (exact) mass is 527 g/mol. The molecular weight excluding hydrogens is 509 g/mol. The fraction of sp³-hybridized carbons (Fsp3) is 0.208. The number of anilines is 1. The number of fused-ring (bicyclic) bond motifs is 2. The molecule has 4 aromatic rings. The third-order valence-corrected chi connectivity index (χ3v) is 7.26. The van der Waals surface area contributed by atoms with Crippen LogP contribution in [0.4, 0.5) is 10.2 Å². The van der Waals surface area contributed by atoms with Gasteiger partial charge in [-0.2, -0.15) is 0 Å². The Labute approximate surface area is 191 Å². The van der Waals surface area contributed by atoms with Crippen LogP contribution in [0.25, 0.3) is 10.9 Å². The van der Waals surface area contributed by atoms with Gasteiger partial charge >= 0.3 is 0 Å². The molecule has 1 aliphatic heterocycles. The number of rotatable bonds is 3. The number of pyridine rings is 1. The second-order valence-electron chi connectivity index (χ2n) is 7.72. The van der Waals surface area contributed by atoms with Gasteiger partial charge in [0.05, 0.1) is 5.52 Å². The molecule has 0 saturated carbocycles. The highest BCUT2D eigenvalue weighted by Gasteiger charge is 2.24. The Kier molecular flexibility index (Phi) is 5.15. The lowest BCUT2D eigenvalue weighted by molar-refractivity contribution is 0.626. The quantitative estimate of drug-likeness (QED) is 0.278. The summed E-state index contributed by atoms with van der Waals surface area (Å²) in [5, 5.41) is 1.13. The van der Waals surface area contributed by atoms with Gasteiger partial charge in [0.25, 0.3) is 0 Å². The zero-order chi connectivity index (χ0) is 20.8. The van der Waals surface area contributed by atoms with Crippen molar-refractivity contribution >= 4 is 48.6 Å². The van der Waals surface area contributed by atoms with Crippen molar-refractivity contribution in [2.75, 3.05) is 11.4 Å². The molecule has 0 aliphatic carbocycles. The Morgan fingerprint density at radius 3 is 2.53 bits per heavy atom. The minimum Gasteiger partial charge on any atom is -0.350 e. The number of hydrogen-bond acceptors (Lipinski definition) is 2. The van der Waals surface area contributed by atoms with E-state index in [4.69, 9.17) is 4.98 Å². The number of hydrogen-bond donors (Lipinski definition) is 0. The highest BCUT2D eigenvalue weighted by atomic mass is 79.9. The first-order valence-electron chi connectivity index (χ1n) is 9.92. The lowest BCUT2D eigenvalue weighted by atomic mass is 10.00. The van der Waals surface area contributed by atoms with Crippen LogP contribution < -0.4 is 4.90 Å². The van der Waals surface area contributed by atoms with Crippen LogP contribution >= 0.6 is 31.9 Å². The molecular formula is C24H20Br2FN3. The van der Waals surface area contributed by atoms with Gasteiger partial charge in [-0.25, -0.2) is 9.37 Å². The van der Waals surface area contributed by atoms with E-state index in [2.05, 4.69) is 78.6 Å². The molecule has 0 spiro atoms. The number of aromatic nitrogens is 2. The van der Waals surface area contributed by atoms with Crippen molar-refractivity contribution in [3.05, 3.63) is 91.9 Å². The zero-order valence-corrected chi connectivity index (χ0v) is 19.7. The average molecular weight is 529 g/mol. The first-order valence-corrected chi connectivity index (χ1v) is 11.5. The molecule has 0 bridgehead atoms. The van der Waals surface area contributed by atoms with E-state index in [0.29, 0.717) is 6.54 Å². The molecule has 3 heterocycles. The SMILES string of the molecule is Cc1c(Br)c2cc(Br)nc(N3CCc4ccccc4C3)c2n1Cc1ccc(F)cc1. The van der Waals surface area contributed by atoms with Gasteiger partial charge in [0, 0.05) is 35.2 Å². The minimum absolute atomic E-state index is 0.215. The Morgan fingerprint density at radius 2 is 1.77 bits per heavy atom. The molecule has 0 atom stereocenters. The molecule has 2 aromatic carbocycles. The van der Waals surface area contributed by atoms with Crippen LogP contribution in [0.2, 0.25) is 0 Å². The molecule has 5 rings (SSSR count). The number of halogens is 3. The molecule has 0 amide bonds. The molecule has 152 valence electrons. The maximum Gasteiger partial charge on any atom is 0.154 e. The maximum atomic E-state index is 13.4. The summed E-state index contributed by atoms with van der Waals surface area (Å²) in [4.78, 5) is 7.27. The molecule has 0 unspecified atom stereocenters. The van der Waals surface area contributed by atoms with Gasteiger partial charge in [0.1, 0.15) is 10.4 Å². The number of benzene rings is 2. The van der Waals surface area contributed by atoms with Gasteiger partial charge in [-0.1, -0.05) is 36.4 Å². The van der Waals surface area contributed by atoms with Crippen molar-refractivity contribution in [1.29, 1.82) is 0 Å². The van der Waals surface area contributed by atoms with Crippen molar-refractivity contribution in [3.63, 3.8) is 0 Å². The van der Waals surface area contributed by atoms with E-state index in [0.717, 1.165) is 56.6 Å². The third-order valence-electron chi connectivity index (χ3n) is 5.86. The maximum absolute atomic E-state index is 13.4. The van der Waals surface area contributed by atoms with Crippen LogP contribution in [0.5, 0.6) is 0 Å². The summed E-state index contributed by atoms with van der Waals surface area (Å²) in [7, 11) is 0. The molecule has 0 radical (unpaired) electrons. The van der Waals surface area contributed by atoms with Gasteiger partial charge in [0.15, 0.2) is 5.82 Å². The van der Waals surface area contributed by atoms with Gasteiger partial charge in [0.2, 0.25) is 0 Å². The molecule has 0 fully saturated rings. The van der Waals surface area contributed by atoms with Crippen molar-refractivity contribution < 1.29 is 4.39 Å². The van der Waals surface area contributed by atoms with E-state index in [1.54, 1.807) is 0 Å². The molecule has 2 aromatic heterocycles. The standard InChI is InChI=1S/C24H20Br2FN3/c1-15-22(26)20-12-21(25)28-24(29-11-10-17-4-2-3-5-18(17)14-29)23(20)30(15)13-16-6-8-19(27)9-7-16/h2-9,12H,10-11,13-14H2,1H3. The Balaban J connectivity index is 1.65. The topological polar surface area (TPSA) is 21.1 Å². The molecule has 3 nitrogen and oxygen atoms in total. The predicted octanol–water partition coefficient (Wildman–Crippen LogP) is 6.62. The fourth-order valence-electron chi connectivity index (χ4n) is 4.28. The summed E-state index contributed by atoms with van der Waals surface area (Å²) in [6, 6.07) is 17.4. The highest BCUT2D eigenvalue weighted by molar-refractivity contribution is 9.11. The van der Waals surface area contributed by atoms with E-state index >= 15 is 0 Å². The molecule has 6 heteroatoms. The van der Waals surface area contributed by atoms with Crippen LogP contribution in [0.3, 0.4) is 0 Å². The third kappa shape index (κ3) is 3.46. The number of nitrogens with zero attached hydrogens (tertiary/aromatic N) is 3. The average Bonchev–Trinajstić information content (AvgIpc) is 2.99. The Bertz CT molecular complexity index is 1250. The van der Waals surface area contributed by atoms with Gasteiger partial charge in [-0.3, -0.25) is 0 Å². The molecule has 0 saturated heterocycles. The Hall–Kier alpha value is -2.18. The summed E-state index contributed by atoms with van der Waals surface area (Å²) in [6.45, 7) is 4.53. The van der Waals surface area contributed by atoms with Crippen molar-refractivity contribution in [1.82, 2.24) is 9.55 Å². The van der Waals surface area contributed by atoms with Gasteiger partial charge < -0.3 is 9.47 Å².